The standard InChI is InChI=1S/C17H19F2NO3/c1-10(14-7-13(18)4-5-15(14)19)23-17(22)12-6-16(21)20(9-12)8-11-2-3-11/h4-5,7,10-12H,2-3,6,8-9H2,1H3/t10-,12+/m0/s1. The lowest BCUT2D eigenvalue weighted by Crippen LogP contribution is -2.29. The first-order valence-corrected chi connectivity index (χ1v) is 7.87. The summed E-state index contributed by atoms with van der Waals surface area (Å²) in [7, 11) is 0. The highest BCUT2D eigenvalue weighted by Gasteiger charge is 2.38. The van der Waals surface area contributed by atoms with Gasteiger partial charge in [0.15, 0.2) is 0 Å². The number of esters is 1. The van der Waals surface area contributed by atoms with E-state index in [0.717, 1.165) is 31.0 Å². The molecule has 2 fully saturated rings. The fourth-order valence-electron chi connectivity index (χ4n) is 2.88. The first kappa shape index (κ1) is 15.9. The van der Waals surface area contributed by atoms with Crippen molar-refractivity contribution in [2.75, 3.05) is 13.1 Å². The molecule has 0 spiro atoms. The van der Waals surface area contributed by atoms with E-state index in [0.29, 0.717) is 19.0 Å². The second kappa shape index (κ2) is 6.26. The highest BCUT2D eigenvalue weighted by atomic mass is 19.1. The minimum Gasteiger partial charge on any atom is -0.457 e. The summed E-state index contributed by atoms with van der Waals surface area (Å²) in [4.78, 5) is 25.8. The summed E-state index contributed by atoms with van der Waals surface area (Å²) in [6, 6.07) is 3.04. The minimum absolute atomic E-state index is 0.00231. The molecule has 0 aromatic heterocycles. The molecular formula is C17H19F2NO3. The molecule has 3 rings (SSSR count). The number of benzene rings is 1. The van der Waals surface area contributed by atoms with Crippen LogP contribution in [0.3, 0.4) is 0 Å². The van der Waals surface area contributed by atoms with E-state index in [1.54, 1.807) is 4.90 Å². The summed E-state index contributed by atoms with van der Waals surface area (Å²) in [5.74, 6) is -1.74. The van der Waals surface area contributed by atoms with Crippen molar-refractivity contribution >= 4 is 11.9 Å². The van der Waals surface area contributed by atoms with Crippen LogP contribution < -0.4 is 0 Å². The molecule has 1 aromatic rings. The predicted molar refractivity (Wildman–Crippen MR) is 78.3 cm³/mol. The molecule has 1 saturated heterocycles. The van der Waals surface area contributed by atoms with Crippen molar-refractivity contribution in [1.82, 2.24) is 4.90 Å². The van der Waals surface area contributed by atoms with E-state index in [1.165, 1.54) is 6.92 Å². The molecule has 2 atom stereocenters. The minimum atomic E-state index is -0.897. The van der Waals surface area contributed by atoms with Crippen LogP contribution in [-0.2, 0) is 14.3 Å². The molecular weight excluding hydrogens is 304 g/mol. The van der Waals surface area contributed by atoms with Crippen LogP contribution >= 0.6 is 0 Å². The third-order valence-corrected chi connectivity index (χ3v) is 4.41. The molecule has 1 aromatic carbocycles. The normalized spacial score (nSPS) is 22.3. The van der Waals surface area contributed by atoms with Crippen molar-refractivity contribution in [3.05, 3.63) is 35.4 Å². The summed E-state index contributed by atoms with van der Waals surface area (Å²) < 4.78 is 32.2. The summed E-state index contributed by atoms with van der Waals surface area (Å²) in [5.41, 5.74) is -0.00231. The smallest absolute Gasteiger partial charge is 0.311 e. The van der Waals surface area contributed by atoms with Gasteiger partial charge in [-0.1, -0.05) is 0 Å². The van der Waals surface area contributed by atoms with Crippen LogP contribution in [0.1, 0.15) is 37.9 Å². The van der Waals surface area contributed by atoms with E-state index in [4.69, 9.17) is 4.74 Å². The molecule has 23 heavy (non-hydrogen) atoms. The van der Waals surface area contributed by atoms with Gasteiger partial charge in [0, 0.05) is 25.1 Å². The highest BCUT2D eigenvalue weighted by molar-refractivity contribution is 5.86. The average molecular weight is 323 g/mol. The number of amides is 1. The Labute approximate surface area is 133 Å². The van der Waals surface area contributed by atoms with Crippen LogP contribution in [0.2, 0.25) is 0 Å². The topological polar surface area (TPSA) is 46.6 Å². The number of hydrogen-bond acceptors (Lipinski definition) is 3. The Hall–Kier alpha value is -1.98. The van der Waals surface area contributed by atoms with Gasteiger partial charge in [0.25, 0.3) is 0 Å². The lowest BCUT2D eigenvalue weighted by molar-refractivity contribution is -0.153. The Morgan fingerprint density at radius 3 is 2.83 bits per heavy atom. The molecule has 0 bridgehead atoms. The molecule has 0 radical (unpaired) electrons. The van der Waals surface area contributed by atoms with Gasteiger partial charge in [-0.3, -0.25) is 9.59 Å². The zero-order valence-electron chi connectivity index (χ0n) is 12.9. The molecule has 6 heteroatoms. The summed E-state index contributed by atoms with van der Waals surface area (Å²) in [6.45, 7) is 2.55. The largest absolute Gasteiger partial charge is 0.457 e. The molecule has 2 aliphatic rings. The summed E-state index contributed by atoms with van der Waals surface area (Å²) >= 11 is 0. The van der Waals surface area contributed by atoms with Crippen molar-refractivity contribution in [2.45, 2.75) is 32.3 Å². The second-order valence-corrected chi connectivity index (χ2v) is 6.39. The van der Waals surface area contributed by atoms with Crippen LogP contribution in [-0.4, -0.2) is 29.9 Å². The number of carbonyl (C=O) groups is 2. The number of ether oxygens (including phenoxy) is 1. The molecule has 1 saturated carbocycles. The van der Waals surface area contributed by atoms with Crippen molar-refractivity contribution in [3.63, 3.8) is 0 Å². The number of nitrogens with zero attached hydrogens (tertiary/aromatic N) is 1. The number of likely N-dealkylation sites (tertiary alicyclic amines) is 1. The van der Waals surface area contributed by atoms with Gasteiger partial charge in [0.1, 0.15) is 17.7 Å². The van der Waals surface area contributed by atoms with Gasteiger partial charge in [0.2, 0.25) is 5.91 Å². The maximum atomic E-state index is 13.7. The second-order valence-electron chi connectivity index (χ2n) is 6.39. The number of rotatable bonds is 5. The van der Waals surface area contributed by atoms with E-state index in [1.807, 2.05) is 0 Å². The van der Waals surface area contributed by atoms with Gasteiger partial charge in [-0.25, -0.2) is 8.78 Å². The molecule has 1 heterocycles. The van der Waals surface area contributed by atoms with Crippen LogP contribution in [0.4, 0.5) is 8.78 Å². The summed E-state index contributed by atoms with van der Waals surface area (Å²) in [5, 5.41) is 0. The van der Waals surface area contributed by atoms with Gasteiger partial charge in [0.05, 0.1) is 5.92 Å². The Balaban J connectivity index is 1.60. The van der Waals surface area contributed by atoms with Gasteiger partial charge in [-0.05, 0) is 43.9 Å². The van der Waals surface area contributed by atoms with E-state index in [-0.39, 0.29) is 17.9 Å². The van der Waals surface area contributed by atoms with Gasteiger partial charge < -0.3 is 9.64 Å². The van der Waals surface area contributed by atoms with Crippen LogP contribution in [0, 0.1) is 23.5 Å². The molecule has 0 N–H and O–H groups in total. The zero-order valence-corrected chi connectivity index (χ0v) is 12.9. The van der Waals surface area contributed by atoms with E-state index in [9.17, 15) is 18.4 Å². The van der Waals surface area contributed by atoms with Gasteiger partial charge in [-0.2, -0.15) is 0 Å². The fraction of sp³-hybridized carbons (Fsp3) is 0.529. The van der Waals surface area contributed by atoms with Crippen LogP contribution in [0.25, 0.3) is 0 Å². The SMILES string of the molecule is C[C@H](OC(=O)[C@@H]1CC(=O)N(CC2CC2)C1)c1cc(F)ccc1F. The lowest BCUT2D eigenvalue weighted by atomic mass is 10.1. The molecule has 0 unspecified atom stereocenters. The van der Waals surface area contributed by atoms with E-state index >= 15 is 0 Å². The Bertz CT molecular complexity index is 630. The zero-order chi connectivity index (χ0) is 16.6. The van der Waals surface area contributed by atoms with Gasteiger partial charge in [-0.15, -0.1) is 0 Å². The maximum Gasteiger partial charge on any atom is 0.311 e. The van der Waals surface area contributed by atoms with E-state index < -0.39 is 29.6 Å². The third-order valence-electron chi connectivity index (χ3n) is 4.41. The molecule has 4 nitrogen and oxygen atoms in total. The average Bonchev–Trinajstić information content (AvgIpc) is 3.24. The Morgan fingerprint density at radius 2 is 2.13 bits per heavy atom. The fourth-order valence-corrected chi connectivity index (χ4v) is 2.88. The van der Waals surface area contributed by atoms with Crippen molar-refractivity contribution in [1.29, 1.82) is 0 Å². The monoisotopic (exact) mass is 323 g/mol. The van der Waals surface area contributed by atoms with Crippen LogP contribution in [0.5, 0.6) is 0 Å². The molecule has 1 amide bonds. The molecule has 1 aliphatic carbocycles. The first-order chi connectivity index (χ1) is 10.9. The van der Waals surface area contributed by atoms with E-state index in [2.05, 4.69) is 0 Å². The first-order valence-electron chi connectivity index (χ1n) is 7.87. The Kier molecular flexibility index (Phi) is 4.33. The predicted octanol–water partition coefficient (Wildman–Crippen LogP) is 2.83. The number of hydrogen-bond donors (Lipinski definition) is 0. The highest BCUT2D eigenvalue weighted by Crippen LogP contribution is 2.32. The third kappa shape index (κ3) is 3.68. The number of halogens is 2. The van der Waals surface area contributed by atoms with Crippen molar-refractivity contribution in [3.8, 4) is 0 Å². The van der Waals surface area contributed by atoms with Crippen molar-refractivity contribution < 1.29 is 23.1 Å². The van der Waals surface area contributed by atoms with Gasteiger partial charge >= 0.3 is 5.97 Å². The maximum absolute atomic E-state index is 13.7. The quantitative estimate of drug-likeness (QED) is 0.783. The molecule has 124 valence electrons. The number of carbonyl (C=O) groups excluding carboxylic acids is 2. The Morgan fingerprint density at radius 1 is 1.39 bits per heavy atom. The van der Waals surface area contributed by atoms with Crippen LogP contribution in [0.15, 0.2) is 18.2 Å². The van der Waals surface area contributed by atoms with Crippen molar-refractivity contribution in [2.24, 2.45) is 11.8 Å². The summed E-state index contributed by atoms with van der Waals surface area (Å²) in [6.07, 6.45) is 1.50. The molecule has 1 aliphatic heterocycles. The lowest BCUT2D eigenvalue weighted by Gasteiger charge is -2.18.